The molecule has 142 valence electrons. The number of nitrogens with zero attached hydrogens (tertiary/aromatic N) is 4. The highest BCUT2D eigenvalue weighted by atomic mass is 16.5. The van der Waals surface area contributed by atoms with Crippen LogP contribution in [-0.2, 0) is 18.2 Å². The summed E-state index contributed by atoms with van der Waals surface area (Å²) in [7, 11) is 3.61. The van der Waals surface area contributed by atoms with Crippen LogP contribution in [0, 0.1) is 0 Å². The molecule has 1 saturated heterocycles. The van der Waals surface area contributed by atoms with Crippen molar-refractivity contribution in [3.05, 3.63) is 47.7 Å². The van der Waals surface area contributed by atoms with Gasteiger partial charge in [-0.25, -0.2) is 0 Å². The number of aryl methyl sites for hydroxylation is 1. The number of rotatable bonds is 5. The Balaban J connectivity index is 1.63. The summed E-state index contributed by atoms with van der Waals surface area (Å²) >= 11 is 0. The van der Waals surface area contributed by atoms with E-state index in [-0.39, 0.29) is 11.9 Å². The van der Waals surface area contributed by atoms with E-state index in [0.29, 0.717) is 31.3 Å². The average molecular weight is 368 g/mol. The summed E-state index contributed by atoms with van der Waals surface area (Å²) in [6, 6.07) is 7.80. The summed E-state index contributed by atoms with van der Waals surface area (Å²) in [6.45, 7) is 1.24. The number of amides is 1. The van der Waals surface area contributed by atoms with Crippen LogP contribution in [0.2, 0.25) is 0 Å². The maximum Gasteiger partial charge on any atom is 0.256 e. The Morgan fingerprint density at radius 3 is 3.04 bits per heavy atom. The van der Waals surface area contributed by atoms with Gasteiger partial charge in [-0.05, 0) is 25.3 Å². The van der Waals surface area contributed by atoms with Gasteiger partial charge < -0.3 is 18.7 Å². The van der Waals surface area contributed by atoms with Crippen molar-refractivity contribution in [2.45, 2.75) is 31.7 Å². The molecule has 3 aromatic rings. The first-order valence-electron chi connectivity index (χ1n) is 9.35. The van der Waals surface area contributed by atoms with Crippen LogP contribution in [0.25, 0.3) is 10.9 Å². The van der Waals surface area contributed by atoms with Gasteiger partial charge in [0.05, 0.1) is 12.2 Å². The number of carbonyl (C=O) groups is 1. The molecule has 0 unspecified atom stereocenters. The number of likely N-dealkylation sites (tertiary alicyclic amines) is 1. The van der Waals surface area contributed by atoms with Gasteiger partial charge in [-0.1, -0.05) is 23.4 Å². The molecule has 1 aromatic carbocycles. The lowest BCUT2D eigenvalue weighted by atomic mass is 10.0. The smallest absolute Gasteiger partial charge is 0.256 e. The van der Waals surface area contributed by atoms with E-state index in [9.17, 15) is 4.79 Å². The highest BCUT2D eigenvalue weighted by Gasteiger charge is 2.33. The van der Waals surface area contributed by atoms with Crippen LogP contribution in [-0.4, -0.2) is 45.8 Å². The van der Waals surface area contributed by atoms with E-state index in [2.05, 4.69) is 10.1 Å². The number of hydrogen-bond donors (Lipinski definition) is 0. The number of piperidine rings is 1. The standard InChI is InChI=1S/C20H24N4O3/c1-23-13-15(14-7-3-4-8-16(14)23)20(25)24-11-6-5-9-17(24)19-21-18(22-27-19)10-12-26-2/h3-4,7-8,13,17H,5-6,9-12H2,1-2H3/t17-/m0/s1. The zero-order valence-corrected chi connectivity index (χ0v) is 15.7. The van der Waals surface area contributed by atoms with Crippen molar-refractivity contribution in [1.82, 2.24) is 19.6 Å². The number of methoxy groups -OCH3 is 1. The highest BCUT2D eigenvalue weighted by Crippen LogP contribution is 2.33. The van der Waals surface area contributed by atoms with Gasteiger partial charge in [0, 0.05) is 44.2 Å². The summed E-state index contributed by atoms with van der Waals surface area (Å²) in [5.74, 6) is 1.16. The van der Waals surface area contributed by atoms with E-state index in [1.807, 2.05) is 47.0 Å². The predicted octanol–water partition coefficient (Wildman–Crippen LogP) is 3.12. The van der Waals surface area contributed by atoms with E-state index in [0.717, 1.165) is 35.7 Å². The summed E-state index contributed by atoms with van der Waals surface area (Å²) < 4.78 is 12.6. The Morgan fingerprint density at radius 1 is 1.33 bits per heavy atom. The van der Waals surface area contributed by atoms with E-state index in [1.165, 1.54) is 0 Å². The largest absolute Gasteiger partial charge is 0.384 e. The van der Waals surface area contributed by atoms with Gasteiger partial charge in [-0.15, -0.1) is 0 Å². The van der Waals surface area contributed by atoms with Crippen LogP contribution in [0.3, 0.4) is 0 Å². The van der Waals surface area contributed by atoms with Crippen LogP contribution in [0.15, 0.2) is 35.0 Å². The minimum Gasteiger partial charge on any atom is -0.384 e. The van der Waals surface area contributed by atoms with Gasteiger partial charge in [-0.3, -0.25) is 4.79 Å². The van der Waals surface area contributed by atoms with Crippen molar-refractivity contribution in [3.63, 3.8) is 0 Å². The number of carbonyl (C=O) groups excluding carboxylic acids is 1. The molecule has 0 aliphatic carbocycles. The number of fused-ring (bicyclic) bond motifs is 1. The molecule has 27 heavy (non-hydrogen) atoms. The second kappa shape index (κ2) is 7.52. The maximum absolute atomic E-state index is 13.4. The first-order chi connectivity index (χ1) is 13.2. The van der Waals surface area contributed by atoms with E-state index < -0.39 is 0 Å². The zero-order valence-electron chi connectivity index (χ0n) is 15.7. The maximum atomic E-state index is 13.4. The van der Waals surface area contributed by atoms with Crippen LogP contribution in [0.1, 0.15) is 47.4 Å². The fourth-order valence-corrected chi connectivity index (χ4v) is 3.80. The van der Waals surface area contributed by atoms with E-state index in [4.69, 9.17) is 9.26 Å². The molecule has 1 fully saturated rings. The summed E-state index contributed by atoms with van der Waals surface area (Å²) in [4.78, 5) is 19.8. The van der Waals surface area contributed by atoms with E-state index in [1.54, 1.807) is 7.11 Å². The van der Waals surface area contributed by atoms with Crippen molar-refractivity contribution in [1.29, 1.82) is 0 Å². The summed E-state index contributed by atoms with van der Waals surface area (Å²) in [5, 5.41) is 5.01. The fraction of sp³-hybridized carbons (Fsp3) is 0.450. The molecule has 0 N–H and O–H groups in total. The van der Waals surface area contributed by atoms with Crippen molar-refractivity contribution in [2.75, 3.05) is 20.3 Å². The molecule has 0 saturated carbocycles. The third-order valence-corrected chi connectivity index (χ3v) is 5.19. The van der Waals surface area contributed by atoms with Gasteiger partial charge in [0.15, 0.2) is 5.82 Å². The molecule has 0 spiro atoms. The van der Waals surface area contributed by atoms with Crippen LogP contribution in [0.4, 0.5) is 0 Å². The minimum atomic E-state index is -0.172. The Labute approximate surface area is 157 Å². The SMILES string of the molecule is COCCc1noc([C@@H]2CCCCN2C(=O)c2cn(C)c3ccccc23)n1. The summed E-state index contributed by atoms with van der Waals surface area (Å²) in [6.07, 6.45) is 5.38. The second-order valence-corrected chi connectivity index (χ2v) is 6.97. The Kier molecular flexibility index (Phi) is 4.94. The third-order valence-electron chi connectivity index (χ3n) is 5.19. The first kappa shape index (κ1) is 17.7. The normalized spacial score (nSPS) is 17.6. The molecule has 4 rings (SSSR count). The molecule has 1 atom stereocenters. The van der Waals surface area contributed by atoms with Crippen molar-refractivity contribution < 1.29 is 14.1 Å². The highest BCUT2D eigenvalue weighted by molar-refractivity contribution is 6.07. The summed E-state index contributed by atoms with van der Waals surface area (Å²) in [5.41, 5.74) is 1.77. The topological polar surface area (TPSA) is 73.4 Å². The van der Waals surface area contributed by atoms with Crippen LogP contribution >= 0.6 is 0 Å². The van der Waals surface area contributed by atoms with Crippen LogP contribution in [0.5, 0.6) is 0 Å². The molecule has 3 heterocycles. The molecule has 2 aromatic heterocycles. The van der Waals surface area contributed by atoms with Crippen molar-refractivity contribution in [2.24, 2.45) is 7.05 Å². The van der Waals surface area contributed by atoms with Crippen LogP contribution < -0.4 is 0 Å². The number of para-hydroxylation sites is 1. The van der Waals surface area contributed by atoms with Crippen molar-refractivity contribution >= 4 is 16.8 Å². The Bertz CT molecular complexity index is 946. The quantitative estimate of drug-likeness (QED) is 0.692. The molecule has 0 bridgehead atoms. The zero-order chi connectivity index (χ0) is 18.8. The first-order valence-corrected chi connectivity index (χ1v) is 9.35. The predicted molar refractivity (Wildman–Crippen MR) is 100 cm³/mol. The van der Waals surface area contributed by atoms with Gasteiger partial charge in [0.25, 0.3) is 5.91 Å². The molecular weight excluding hydrogens is 344 g/mol. The Hall–Kier alpha value is -2.67. The molecule has 1 aliphatic heterocycles. The third kappa shape index (κ3) is 3.35. The van der Waals surface area contributed by atoms with Gasteiger partial charge in [0.2, 0.25) is 5.89 Å². The molecule has 7 nitrogen and oxygen atoms in total. The number of ether oxygens (including phenoxy) is 1. The average Bonchev–Trinajstić information content (AvgIpc) is 3.31. The number of benzene rings is 1. The fourth-order valence-electron chi connectivity index (χ4n) is 3.80. The monoisotopic (exact) mass is 368 g/mol. The minimum absolute atomic E-state index is 0.0214. The lowest BCUT2D eigenvalue weighted by Gasteiger charge is -2.33. The van der Waals surface area contributed by atoms with Gasteiger partial charge in [-0.2, -0.15) is 4.98 Å². The van der Waals surface area contributed by atoms with E-state index >= 15 is 0 Å². The molecule has 1 amide bonds. The molecule has 7 heteroatoms. The number of hydrogen-bond acceptors (Lipinski definition) is 5. The molecule has 1 aliphatic rings. The lowest BCUT2D eigenvalue weighted by Crippen LogP contribution is -2.38. The Morgan fingerprint density at radius 2 is 2.19 bits per heavy atom. The van der Waals surface area contributed by atoms with Crippen molar-refractivity contribution in [3.8, 4) is 0 Å². The molecule has 0 radical (unpaired) electrons. The van der Waals surface area contributed by atoms with Gasteiger partial charge >= 0.3 is 0 Å². The van der Waals surface area contributed by atoms with Gasteiger partial charge in [0.1, 0.15) is 6.04 Å². The number of aromatic nitrogens is 3. The molecular formula is C20H24N4O3. The second-order valence-electron chi connectivity index (χ2n) is 6.97. The lowest BCUT2D eigenvalue weighted by molar-refractivity contribution is 0.0563.